The summed E-state index contributed by atoms with van der Waals surface area (Å²) < 4.78 is 25.0. The average molecular weight is 345 g/mol. The number of hydrogen-bond donors (Lipinski definition) is 1. The van der Waals surface area contributed by atoms with Gasteiger partial charge in [-0.1, -0.05) is 30.2 Å². The maximum atomic E-state index is 12.5. The van der Waals surface area contributed by atoms with E-state index in [1.54, 1.807) is 12.1 Å². The fourth-order valence-corrected chi connectivity index (χ4v) is 3.96. The van der Waals surface area contributed by atoms with Crippen molar-refractivity contribution in [3.05, 3.63) is 34.9 Å². The van der Waals surface area contributed by atoms with Crippen LogP contribution >= 0.6 is 11.6 Å². The molecule has 5 nitrogen and oxygen atoms in total. The van der Waals surface area contributed by atoms with Crippen LogP contribution in [-0.4, -0.2) is 37.5 Å². The summed E-state index contributed by atoms with van der Waals surface area (Å²) in [6.07, 6.45) is 3.37. The Bertz CT molecular complexity index is 631. The number of hydrogen-bond acceptors (Lipinski definition) is 3. The fourth-order valence-electron chi connectivity index (χ4n) is 2.71. The number of piperidine rings is 1. The average Bonchev–Trinajstić information content (AvgIpc) is 2.47. The van der Waals surface area contributed by atoms with Crippen LogP contribution in [0.4, 0.5) is 0 Å². The number of halogens is 1. The number of carbonyl (C=O) groups is 1. The number of nitrogens with zero attached hydrogens (tertiary/aromatic N) is 1. The van der Waals surface area contributed by atoms with E-state index in [0.29, 0.717) is 18.0 Å². The minimum Gasteiger partial charge on any atom is -0.348 e. The molecule has 0 radical (unpaired) electrons. The minimum absolute atomic E-state index is 0.201. The van der Waals surface area contributed by atoms with Crippen LogP contribution in [0.1, 0.15) is 37.8 Å². The van der Waals surface area contributed by atoms with Crippen LogP contribution in [0, 0.1) is 0 Å². The molecule has 7 heteroatoms. The molecule has 1 heterocycles. The number of sulfonamides is 1. The van der Waals surface area contributed by atoms with Crippen LogP contribution in [-0.2, 0) is 14.8 Å². The van der Waals surface area contributed by atoms with Gasteiger partial charge in [-0.15, -0.1) is 0 Å². The summed E-state index contributed by atoms with van der Waals surface area (Å²) in [4.78, 5) is 12.5. The van der Waals surface area contributed by atoms with E-state index in [2.05, 4.69) is 5.32 Å². The van der Waals surface area contributed by atoms with Gasteiger partial charge in [0.05, 0.1) is 12.3 Å². The van der Waals surface area contributed by atoms with Crippen LogP contribution in [0.3, 0.4) is 0 Å². The molecule has 1 saturated heterocycles. The molecule has 2 unspecified atom stereocenters. The Hall–Kier alpha value is -1.11. The monoisotopic (exact) mass is 344 g/mol. The second kappa shape index (κ2) is 6.98. The summed E-state index contributed by atoms with van der Waals surface area (Å²) in [6, 6.07) is 6.42. The van der Waals surface area contributed by atoms with Gasteiger partial charge in [-0.05, 0) is 37.5 Å². The van der Waals surface area contributed by atoms with Crippen molar-refractivity contribution in [1.29, 1.82) is 0 Å². The van der Waals surface area contributed by atoms with E-state index in [1.165, 1.54) is 4.31 Å². The van der Waals surface area contributed by atoms with Crippen molar-refractivity contribution in [3.8, 4) is 0 Å². The largest absolute Gasteiger partial charge is 0.348 e. The maximum absolute atomic E-state index is 12.5. The molecular formula is C15H21ClN2O3S. The summed E-state index contributed by atoms with van der Waals surface area (Å²) in [6.45, 7) is 2.28. The highest BCUT2D eigenvalue weighted by Gasteiger charge is 2.34. The number of benzene rings is 1. The van der Waals surface area contributed by atoms with E-state index < -0.39 is 16.1 Å². The Morgan fingerprint density at radius 2 is 1.95 bits per heavy atom. The van der Waals surface area contributed by atoms with E-state index >= 15 is 0 Å². The summed E-state index contributed by atoms with van der Waals surface area (Å²) >= 11 is 5.85. The standard InChI is InChI=1S/C15H21ClN2O3S/c1-11(12-6-8-13(16)9-7-12)17-15(19)14-5-3-4-10-18(14)22(2,20)21/h6-9,11,14H,3-5,10H2,1-2H3,(H,17,19). The van der Waals surface area contributed by atoms with Crippen molar-refractivity contribution >= 4 is 27.5 Å². The predicted molar refractivity (Wildman–Crippen MR) is 87.2 cm³/mol. The summed E-state index contributed by atoms with van der Waals surface area (Å²) in [5.41, 5.74) is 0.930. The molecule has 0 saturated carbocycles. The molecular weight excluding hydrogens is 324 g/mol. The number of carbonyl (C=O) groups excluding carboxylic acids is 1. The van der Waals surface area contributed by atoms with Crippen molar-refractivity contribution < 1.29 is 13.2 Å². The molecule has 1 N–H and O–H groups in total. The molecule has 1 aliphatic heterocycles. The van der Waals surface area contributed by atoms with Crippen LogP contribution in [0.2, 0.25) is 5.02 Å². The van der Waals surface area contributed by atoms with E-state index in [1.807, 2.05) is 19.1 Å². The van der Waals surface area contributed by atoms with Crippen LogP contribution in [0.15, 0.2) is 24.3 Å². The third-order valence-electron chi connectivity index (χ3n) is 3.91. The normalized spacial score (nSPS) is 21.3. The highest BCUT2D eigenvalue weighted by Crippen LogP contribution is 2.22. The van der Waals surface area contributed by atoms with Gasteiger partial charge < -0.3 is 5.32 Å². The molecule has 0 aromatic heterocycles. The van der Waals surface area contributed by atoms with Crippen molar-refractivity contribution in [2.24, 2.45) is 0 Å². The zero-order valence-electron chi connectivity index (χ0n) is 12.8. The maximum Gasteiger partial charge on any atom is 0.238 e. The lowest BCUT2D eigenvalue weighted by Crippen LogP contribution is -2.51. The first-order valence-corrected chi connectivity index (χ1v) is 9.54. The zero-order valence-corrected chi connectivity index (χ0v) is 14.3. The third-order valence-corrected chi connectivity index (χ3v) is 5.45. The molecule has 1 aromatic rings. The number of rotatable bonds is 4. The van der Waals surface area contributed by atoms with Gasteiger partial charge in [-0.25, -0.2) is 8.42 Å². The van der Waals surface area contributed by atoms with E-state index in [9.17, 15) is 13.2 Å². The Balaban J connectivity index is 2.08. The van der Waals surface area contributed by atoms with E-state index in [-0.39, 0.29) is 11.9 Å². The first-order valence-electron chi connectivity index (χ1n) is 7.31. The lowest BCUT2D eigenvalue weighted by Gasteiger charge is -2.33. The van der Waals surface area contributed by atoms with Crippen molar-refractivity contribution in [2.45, 2.75) is 38.3 Å². The quantitative estimate of drug-likeness (QED) is 0.911. The smallest absolute Gasteiger partial charge is 0.238 e. The lowest BCUT2D eigenvalue weighted by atomic mass is 10.0. The Morgan fingerprint density at radius 3 is 2.55 bits per heavy atom. The van der Waals surface area contributed by atoms with Crippen molar-refractivity contribution in [3.63, 3.8) is 0 Å². The number of amides is 1. The highest BCUT2D eigenvalue weighted by atomic mass is 35.5. The van der Waals surface area contributed by atoms with Gasteiger partial charge in [0, 0.05) is 11.6 Å². The molecule has 0 spiro atoms. The minimum atomic E-state index is -3.37. The van der Waals surface area contributed by atoms with Gasteiger partial charge in [0.2, 0.25) is 15.9 Å². The number of nitrogens with one attached hydrogen (secondary N) is 1. The molecule has 0 bridgehead atoms. The molecule has 2 atom stereocenters. The van der Waals surface area contributed by atoms with E-state index in [4.69, 9.17) is 11.6 Å². The van der Waals surface area contributed by atoms with Crippen molar-refractivity contribution in [1.82, 2.24) is 9.62 Å². The van der Waals surface area contributed by atoms with Crippen LogP contribution in [0.5, 0.6) is 0 Å². The van der Waals surface area contributed by atoms with Crippen molar-refractivity contribution in [2.75, 3.05) is 12.8 Å². The summed E-state index contributed by atoms with van der Waals surface area (Å²) in [5, 5.41) is 3.54. The second-order valence-corrected chi connectivity index (χ2v) is 8.04. The molecule has 1 aromatic carbocycles. The summed E-state index contributed by atoms with van der Waals surface area (Å²) in [7, 11) is -3.37. The molecule has 1 aliphatic rings. The molecule has 122 valence electrons. The van der Waals surface area contributed by atoms with Gasteiger partial charge >= 0.3 is 0 Å². The molecule has 22 heavy (non-hydrogen) atoms. The Morgan fingerprint density at radius 1 is 1.32 bits per heavy atom. The fraction of sp³-hybridized carbons (Fsp3) is 0.533. The van der Waals surface area contributed by atoms with Gasteiger partial charge in [-0.3, -0.25) is 4.79 Å². The summed E-state index contributed by atoms with van der Waals surface area (Å²) in [5.74, 6) is -0.243. The van der Waals surface area contributed by atoms with E-state index in [0.717, 1.165) is 24.7 Å². The van der Waals surface area contributed by atoms with Crippen LogP contribution in [0.25, 0.3) is 0 Å². The molecule has 1 amide bonds. The van der Waals surface area contributed by atoms with Gasteiger partial charge in [-0.2, -0.15) is 4.31 Å². The first-order chi connectivity index (χ1) is 10.3. The first kappa shape index (κ1) is 17.2. The Labute approximate surface area is 136 Å². The lowest BCUT2D eigenvalue weighted by molar-refractivity contribution is -0.126. The highest BCUT2D eigenvalue weighted by molar-refractivity contribution is 7.88. The van der Waals surface area contributed by atoms with Gasteiger partial charge in [0.1, 0.15) is 6.04 Å². The van der Waals surface area contributed by atoms with Gasteiger partial charge in [0.25, 0.3) is 0 Å². The van der Waals surface area contributed by atoms with Crippen LogP contribution < -0.4 is 5.32 Å². The molecule has 0 aliphatic carbocycles. The Kier molecular flexibility index (Phi) is 5.47. The predicted octanol–water partition coefficient (Wildman–Crippen LogP) is 2.33. The van der Waals surface area contributed by atoms with Gasteiger partial charge in [0.15, 0.2) is 0 Å². The SMILES string of the molecule is CC(NC(=O)C1CCCCN1S(C)(=O)=O)c1ccc(Cl)cc1. The topological polar surface area (TPSA) is 66.5 Å². The second-order valence-electron chi connectivity index (χ2n) is 5.67. The molecule has 2 rings (SSSR count). The third kappa shape index (κ3) is 4.21. The molecule has 1 fully saturated rings. The zero-order chi connectivity index (χ0) is 16.3.